The molecular formula is C6H12O3S. The van der Waals surface area contributed by atoms with E-state index in [0.717, 1.165) is 0 Å². The van der Waals surface area contributed by atoms with Crippen LogP contribution in [0.3, 0.4) is 0 Å². The topological polar surface area (TPSA) is 60.7 Å². The molecule has 0 spiro atoms. The van der Waals surface area contributed by atoms with Crippen molar-refractivity contribution in [3.05, 3.63) is 0 Å². The van der Waals surface area contributed by atoms with E-state index in [9.17, 15) is 0 Å². The molecule has 3 nitrogen and oxygen atoms in total. The van der Waals surface area contributed by atoms with Gasteiger partial charge in [0.1, 0.15) is 5.44 Å². The number of thioether (sulfide) groups is 1. The third kappa shape index (κ3) is 2.12. The Kier molecular flexibility index (Phi) is 2.97. The van der Waals surface area contributed by atoms with E-state index in [1.165, 1.54) is 11.8 Å². The van der Waals surface area contributed by atoms with Crippen molar-refractivity contribution in [3.8, 4) is 0 Å². The van der Waals surface area contributed by atoms with Crippen LogP contribution in [0.2, 0.25) is 0 Å². The minimum absolute atomic E-state index is 0.0127. The first-order valence-corrected chi connectivity index (χ1v) is 4.29. The summed E-state index contributed by atoms with van der Waals surface area (Å²) in [4.78, 5) is 0. The molecule has 0 aromatic heterocycles. The summed E-state index contributed by atoms with van der Waals surface area (Å²) in [5, 5.41) is 26.9. The monoisotopic (exact) mass is 164 g/mol. The highest BCUT2D eigenvalue weighted by Crippen LogP contribution is 2.29. The van der Waals surface area contributed by atoms with Crippen LogP contribution in [-0.2, 0) is 0 Å². The molecule has 0 aromatic carbocycles. The van der Waals surface area contributed by atoms with Crippen LogP contribution in [0.5, 0.6) is 0 Å². The van der Waals surface area contributed by atoms with Crippen LogP contribution in [-0.4, -0.2) is 38.7 Å². The van der Waals surface area contributed by atoms with E-state index in [-0.39, 0.29) is 11.9 Å². The van der Waals surface area contributed by atoms with Crippen LogP contribution in [0.25, 0.3) is 0 Å². The molecule has 0 radical (unpaired) electrons. The lowest BCUT2D eigenvalue weighted by Crippen LogP contribution is -2.29. The predicted molar refractivity (Wildman–Crippen MR) is 39.7 cm³/mol. The van der Waals surface area contributed by atoms with Crippen molar-refractivity contribution in [1.29, 1.82) is 0 Å². The van der Waals surface area contributed by atoms with Crippen molar-refractivity contribution in [2.45, 2.75) is 29.6 Å². The van der Waals surface area contributed by atoms with Crippen molar-refractivity contribution in [2.75, 3.05) is 6.61 Å². The maximum absolute atomic E-state index is 9.10. The van der Waals surface area contributed by atoms with E-state index in [4.69, 9.17) is 15.3 Å². The quantitative estimate of drug-likeness (QED) is 0.491. The van der Waals surface area contributed by atoms with Gasteiger partial charge in [-0.15, -0.1) is 11.8 Å². The molecule has 0 aliphatic carbocycles. The first kappa shape index (κ1) is 8.33. The van der Waals surface area contributed by atoms with Gasteiger partial charge in [0.15, 0.2) is 0 Å². The van der Waals surface area contributed by atoms with Gasteiger partial charge in [-0.25, -0.2) is 0 Å². The fourth-order valence-corrected chi connectivity index (χ4v) is 2.28. The second-order valence-corrected chi connectivity index (χ2v) is 4.00. The van der Waals surface area contributed by atoms with Crippen LogP contribution in [0.15, 0.2) is 0 Å². The van der Waals surface area contributed by atoms with Crippen molar-refractivity contribution in [1.82, 2.24) is 0 Å². The van der Waals surface area contributed by atoms with E-state index in [1.807, 2.05) is 0 Å². The van der Waals surface area contributed by atoms with E-state index in [2.05, 4.69) is 0 Å². The second-order valence-electron chi connectivity index (χ2n) is 2.52. The Hall–Kier alpha value is 0.230. The van der Waals surface area contributed by atoms with Gasteiger partial charge in [-0.05, 0) is 6.42 Å². The smallest absolute Gasteiger partial charge is 0.102 e. The van der Waals surface area contributed by atoms with Gasteiger partial charge >= 0.3 is 0 Å². The minimum Gasteiger partial charge on any atom is -0.395 e. The van der Waals surface area contributed by atoms with E-state index in [0.29, 0.717) is 12.8 Å². The maximum atomic E-state index is 9.10. The summed E-state index contributed by atoms with van der Waals surface area (Å²) in [6.07, 6.45) is 0.591. The normalized spacial score (nSPS) is 41.7. The lowest BCUT2D eigenvalue weighted by atomic mass is 10.1. The molecule has 0 bridgehead atoms. The summed E-state index contributed by atoms with van der Waals surface area (Å²) in [7, 11) is 0. The van der Waals surface area contributed by atoms with Gasteiger partial charge in [0.05, 0.1) is 12.7 Å². The molecule has 0 amide bonds. The number of aliphatic hydroxyl groups excluding tert-OH is 3. The van der Waals surface area contributed by atoms with Crippen LogP contribution in [0, 0.1) is 0 Å². The average molecular weight is 164 g/mol. The number of aliphatic hydroxyl groups is 3. The first-order valence-electron chi connectivity index (χ1n) is 3.35. The molecule has 1 heterocycles. The third-order valence-electron chi connectivity index (χ3n) is 1.56. The van der Waals surface area contributed by atoms with Gasteiger partial charge in [0.2, 0.25) is 0 Å². The summed E-state index contributed by atoms with van der Waals surface area (Å²) in [5.41, 5.74) is -0.499. The largest absolute Gasteiger partial charge is 0.395 e. The first-order chi connectivity index (χ1) is 4.72. The molecule has 1 saturated heterocycles. The third-order valence-corrected chi connectivity index (χ3v) is 2.79. The molecule has 4 heteroatoms. The zero-order valence-electron chi connectivity index (χ0n) is 5.60. The Morgan fingerprint density at radius 3 is 2.50 bits per heavy atom. The van der Waals surface area contributed by atoms with Crippen molar-refractivity contribution in [2.24, 2.45) is 0 Å². The van der Waals surface area contributed by atoms with Crippen molar-refractivity contribution in [3.63, 3.8) is 0 Å². The summed E-state index contributed by atoms with van der Waals surface area (Å²) in [5.74, 6) is 0. The highest BCUT2D eigenvalue weighted by molar-refractivity contribution is 8.00. The summed E-state index contributed by atoms with van der Waals surface area (Å²) in [6, 6.07) is 0. The number of hydrogen-bond acceptors (Lipinski definition) is 4. The number of hydrogen-bond donors (Lipinski definition) is 3. The van der Waals surface area contributed by atoms with Gasteiger partial charge in [-0.1, -0.05) is 0 Å². The van der Waals surface area contributed by atoms with Crippen LogP contribution in [0.1, 0.15) is 12.8 Å². The van der Waals surface area contributed by atoms with E-state index < -0.39 is 11.5 Å². The average Bonchev–Trinajstić information content (AvgIpc) is 1.85. The van der Waals surface area contributed by atoms with Gasteiger partial charge in [-0.3, -0.25) is 0 Å². The summed E-state index contributed by atoms with van der Waals surface area (Å²) >= 11 is 1.34. The molecule has 1 fully saturated rings. The molecule has 1 rings (SSSR count). The Bertz CT molecular complexity index is 99.2. The van der Waals surface area contributed by atoms with Crippen molar-refractivity contribution < 1.29 is 15.3 Å². The Labute approximate surface area is 64.1 Å². The second kappa shape index (κ2) is 3.57. The Morgan fingerprint density at radius 1 is 1.30 bits per heavy atom. The SMILES string of the molecule is OCC1CC(O)CC(O)S1. The molecule has 0 aromatic rings. The van der Waals surface area contributed by atoms with Crippen LogP contribution in [0.4, 0.5) is 0 Å². The zero-order valence-corrected chi connectivity index (χ0v) is 6.42. The Morgan fingerprint density at radius 2 is 2.00 bits per heavy atom. The molecular weight excluding hydrogens is 152 g/mol. The minimum atomic E-state index is -0.499. The number of rotatable bonds is 1. The van der Waals surface area contributed by atoms with Gasteiger partial charge in [0.25, 0.3) is 0 Å². The zero-order chi connectivity index (χ0) is 7.56. The van der Waals surface area contributed by atoms with E-state index >= 15 is 0 Å². The lowest BCUT2D eigenvalue weighted by Gasteiger charge is -2.27. The molecule has 0 saturated carbocycles. The highest BCUT2D eigenvalue weighted by Gasteiger charge is 2.25. The fourth-order valence-electron chi connectivity index (χ4n) is 1.08. The molecule has 1 aliphatic heterocycles. The summed E-state index contributed by atoms with van der Waals surface area (Å²) < 4.78 is 0. The Balaban J connectivity index is 2.35. The highest BCUT2D eigenvalue weighted by atomic mass is 32.2. The van der Waals surface area contributed by atoms with Crippen LogP contribution >= 0.6 is 11.8 Å². The molecule has 3 unspecified atom stereocenters. The lowest BCUT2D eigenvalue weighted by molar-refractivity contribution is 0.0966. The fraction of sp³-hybridized carbons (Fsp3) is 1.00. The predicted octanol–water partition coefficient (Wildman–Crippen LogP) is -0.446. The summed E-state index contributed by atoms with van der Waals surface area (Å²) in [6.45, 7) is 0.0405. The standard InChI is InChI=1S/C6H12O3S/c7-3-5-1-4(8)2-6(9)10-5/h4-9H,1-3H2. The molecule has 60 valence electrons. The molecule has 1 aliphatic rings. The van der Waals surface area contributed by atoms with Crippen LogP contribution < -0.4 is 0 Å². The van der Waals surface area contributed by atoms with Gasteiger partial charge < -0.3 is 15.3 Å². The molecule has 3 atom stereocenters. The van der Waals surface area contributed by atoms with E-state index in [1.54, 1.807) is 0 Å². The molecule has 10 heavy (non-hydrogen) atoms. The van der Waals surface area contributed by atoms with Gasteiger partial charge in [-0.2, -0.15) is 0 Å². The van der Waals surface area contributed by atoms with Crippen molar-refractivity contribution >= 4 is 11.8 Å². The maximum Gasteiger partial charge on any atom is 0.102 e. The molecule has 3 N–H and O–H groups in total. The van der Waals surface area contributed by atoms with Gasteiger partial charge in [0, 0.05) is 11.7 Å².